The van der Waals surface area contributed by atoms with Crippen LogP contribution in [0.4, 0.5) is 0 Å². The van der Waals surface area contributed by atoms with E-state index in [2.05, 4.69) is 11.8 Å². The maximum atomic E-state index is 2.16. The van der Waals surface area contributed by atoms with Crippen LogP contribution < -0.4 is 0 Å². The Morgan fingerprint density at radius 3 is 1.90 bits per heavy atom. The Kier molecular flexibility index (Phi) is 1.94. The highest BCUT2D eigenvalue weighted by Gasteiger charge is 2.41. The topological polar surface area (TPSA) is 0 Å². The van der Waals surface area contributed by atoms with Crippen LogP contribution in [0.5, 0.6) is 0 Å². The summed E-state index contributed by atoms with van der Waals surface area (Å²) in [7, 11) is 0. The molecular formula is C9H16S. The number of thioether (sulfide) groups is 1. The van der Waals surface area contributed by atoms with E-state index in [-0.39, 0.29) is 0 Å². The Morgan fingerprint density at radius 1 is 0.800 bits per heavy atom. The fraction of sp³-hybridized carbons (Fsp3) is 1.00. The predicted molar refractivity (Wildman–Crippen MR) is 47.5 cm³/mol. The third-order valence-corrected chi connectivity index (χ3v) is 4.10. The van der Waals surface area contributed by atoms with Crippen LogP contribution in [0.1, 0.15) is 38.5 Å². The summed E-state index contributed by atoms with van der Waals surface area (Å²) in [6.45, 7) is 0. The molecule has 0 bridgehead atoms. The second kappa shape index (κ2) is 2.77. The molecule has 1 heterocycles. The Hall–Kier alpha value is 0.350. The van der Waals surface area contributed by atoms with Crippen molar-refractivity contribution < 1.29 is 0 Å². The summed E-state index contributed by atoms with van der Waals surface area (Å²) in [6.07, 6.45) is 9.17. The van der Waals surface area contributed by atoms with Gasteiger partial charge in [0.05, 0.1) is 0 Å². The minimum atomic E-state index is 0.890. The maximum Gasteiger partial charge on any atom is -0.00673 e. The van der Waals surface area contributed by atoms with Gasteiger partial charge in [0.2, 0.25) is 0 Å². The Morgan fingerprint density at radius 2 is 1.40 bits per heavy atom. The lowest BCUT2D eigenvalue weighted by Gasteiger charge is -2.17. The molecule has 2 aliphatic rings. The standard InChI is InChI=1S/C9H16S/c1-3-9(5-6-9)4-2-8-10-7-1/h1-8H2. The van der Waals surface area contributed by atoms with Gasteiger partial charge < -0.3 is 0 Å². The molecule has 0 radical (unpaired) electrons. The third kappa shape index (κ3) is 1.50. The molecule has 0 aromatic rings. The fourth-order valence-corrected chi connectivity index (χ4v) is 2.90. The minimum Gasteiger partial charge on any atom is -0.162 e. The van der Waals surface area contributed by atoms with E-state index in [0.717, 1.165) is 5.41 Å². The molecule has 0 amide bonds. The SMILES string of the molecule is C1CSCCCC2(C1)CC2. The third-order valence-electron chi connectivity index (χ3n) is 2.95. The van der Waals surface area contributed by atoms with Gasteiger partial charge in [-0.05, 0) is 55.4 Å². The summed E-state index contributed by atoms with van der Waals surface area (Å²) in [6, 6.07) is 0. The maximum absolute atomic E-state index is 2.16. The average Bonchev–Trinajstić information content (AvgIpc) is 2.61. The van der Waals surface area contributed by atoms with E-state index in [9.17, 15) is 0 Å². The molecule has 0 N–H and O–H groups in total. The van der Waals surface area contributed by atoms with Crippen molar-refractivity contribution in [1.29, 1.82) is 0 Å². The summed E-state index contributed by atoms with van der Waals surface area (Å²) in [5.74, 6) is 2.86. The van der Waals surface area contributed by atoms with Crippen molar-refractivity contribution >= 4 is 11.8 Å². The molecule has 1 heteroatoms. The van der Waals surface area contributed by atoms with Crippen molar-refractivity contribution in [3.8, 4) is 0 Å². The lowest BCUT2D eigenvalue weighted by atomic mass is 9.95. The molecule has 58 valence electrons. The van der Waals surface area contributed by atoms with E-state index in [1.807, 2.05) is 0 Å². The molecule has 1 saturated carbocycles. The van der Waals surface area contributed by atoms with Crippen LogP contribution in [-0.2, 0) is 0 Å². The van der Waals surface area contributed by atoms with E-state index in [1.54, 1.807) is 25.7 Å². The lowest BCUT2D eigenvalue weighted by Crippen LogP contribution is -2.04. The fourth-order valence-electron chi connectivity index (χ4n) is 2.00. The van der Waals surface area contributed by atoms with Gasteiger partial charge in [0, 0.05) is 0 Å². The normalized spacial score (nSPS) is 31.2. The van der Waals surface area contributed by atoms with Crippen LogP contribution in [0.3, 0.4) is 0 Å². The molecule has 1 aliphatic carbocycles. The van der Waals surface area contributed by atoms with Crippen LogP contribution in [0.25, 0.3) is 0 Å². The molecular weight excluding hydrogens is 140 g/mol. The van der Waals surface area contributed by atoms with Gasteiger partial charge >= 0.3 is 0 Å². The van der Waals surface area contributed by atoms with E-state index >= 15 is 0 Å². The first-order chi connectivity index (χ1) is 4.91. The summed E-state index contributed by atoms with van der Waals surface area (Å²) in [5, 5.41) is 0. The first kappa shape index (κ1) is 7.02. The smallest absolute Gasteiger partial charge is 0.00673 e. The molecule has 2 fully saturated rings. The van der Waals surface area contributed by atoms with Crippen LogP contribution in [0.15, 0.2) is 0 Å². The first-order valence-electron chi connectivity index (χ1n) is 4.49. The summed E-state index contributed by atoms with van der Waals surface area (Å²) >= 11 is 2.16. The van der Waals surface area contributed by atoms with Crippen LogP contribution in [0.2, 0.25) is 0 Å². The molecule has 0 unspecified atom stereocenters. The second-order valence-corrected chi connectivity index (χ2v) is 5.04. The van der Waals surface area contributed by atoms with E-state index < -0.39 is 0 Å². The highest BCUT2D eigenvalue weighted by molar-refractivity contribution is 7.99. The van der Waals surface area contributed by atoms with E-state index in [0.29, 0.717) is 0 Å². The summed E-state index contributed by atoms with van der Waals surface area (Å²) < 4.78 is 0. The Labute approximate surface area is 67.8 Å². The van der Waals surface area contributed by atoms with E-state index in [4.69, 9.17) is 0 Å². The highest BCUT2D eigenvalue weighted by atomic mass is 32.2. The largest absolute Gasteiger partial charge is 0.162 e. The summed E-state index contributed by atoms with van der Waals surface area (Å²) in [5.41, 5.74) is 0.890. The molecule has 0 aromatic carbocycles. The van der Waals surface area contributed by atoms with Crippen LogP contribution >= 0.6 is 11.8 Å². The first-order valence-corrected chi connectivity index (χ1v) is 5.65. The van der Waals surface area contributed by atoms with Crippen LogP contribution in [0, 0.1) is 5.41 Å². The van der Waals surface area contributed by atoms with Crippen molar-refractivity contribution in [3.63, 3.8) is 0 Å². The molecule has 1 aliphatic heterocycles. The van der Waals surface area contributed by atoms with Gasteiger partial charge in [-0.15, -0.1) is 0 Å². The average molecular weight is 156 g/mol. The van der Waals surface area contributed by atoms with Gasteiger partial charge in [-0.3, -0.25) is 0 Å². The predicted octanol–water partition coefficient (Wildman–Crippen LogP) is 3.07. The number of hydrogen-bond acceptors (Lipinski definition) is 1. The van der Waals surface area contributed by atoms with Gasteiger partial charge in [-0.25, -0.2) is 0 Å². The van der Waals surface area contributed by atoms with Gasteiger partial charge in [0.25, 0.3) is 0 Å². The monoisotopic (exact) mass is 156 g/mol. The van der Waals surface area contributed by atoms with Crippen molar-refractivity contribution in [2.75, 3.05) is 11.5 Å². The summed E-state index contributed by atoms with van der Waals surface area (Å²) in [4.78, 5) is 0. The molecule has 1 saturated heterocycles. The van der Waals surface area contributed by atoms with Crippen molar-refractivity contribution in [2.45, 2.75) is 38.5 Å². The molecule has 0 nitrogen and oxygen atoms in total. The van der Waals surface area contributed by atoms with E-state index in [1.165, 1.54) is 24.3 Å². The second-order valence-electron chi connectivity index (χ2n) is 3.82. The zero-order chi connectivity index (χ0) is 6.86. The van der Waals surface area contributed by atoms with Crippen molar-refractivity contribution in [3.05, 3.63) is 0 Å². The van der Waals surface area contributed by atoms with Gasteiger partial charge in [-0.2, -0.15) is 11.8 Å². The molecule has 2 rings (SSSR count). The zero-order valence-corrected chi connectivity index (χ0v) is 7.38. The molecule has 0 aromatic heterocycles. The molecule has 10 heavy (non-hydrogen) atoms. The van der Waals surface area contributed by atoms with Gasteiger partial charge in [0.15, 0.2) is 0 Å². The highest BCUT2D eigenvalue weighted by Crippen LogP contribution is 2.54. The van der Waals surface area contributed by atoms with Gasteiger partial charge in [0.1, 0.15) is 0 Å². The van der Waals surface area contributed by atoms with Crippen LogP contribution in [-0.4, -0.2) is 11.5 Å². The van der Waals surface area contributed by atoms with Crippen molar-refractivity contribution in [1.82, 2.24) is 0 Å². The lowest BCUT2D eigenvalue weighted by molar-refractivity contribution is 0.418. The Bertz CT molecular complexity index is 106. The Balaban J connectivity index is 1.84. The quantitative estimate of drug-likeness (QED) is 0.519. The number of rotatable bonds is 0. The van der Waals surface area contributed by atoms with Gasteiger partial charge in [-0.1, -0.05) is 0 Å². The minimum absolute atomic E-state index is 0.890. The molecule has 1 spiro atoms. The zero-order valence-electron chi connectivity index (χ0n) is 6.57. The van der Waals surface area contributed by atoms with Crippen molar-refractivity contribution in [2.24, 2.45) is 5.41 Å². The number of hydrogen-bond donors (Lipinski definition) is 0. The molecule has 0 atom stereocenters.